The van der Waals surface area contributed by atoms with Crippen LogP contribution in [0.25, 0.3) is 0 Å². The largest absolute Gasteiger partial charge is 0.416 e. The lowest BCUT2D eigenvalue weighted by Crippen LogP contribution is -2.44. The van der Waals surface area contributed by atoms with E-state index in [4.69, 9.17) is 5.14 Å². The molecule has 1 heterocycles. The Kier molecular flexibility index (Phi) is 5.83. The fourth-order valence-corrected chi connectivity index (χ4v) is 3.53. The minimum Gasteiger partial charge on any atom is -0.376 e. The Labute approximate surface area is 150 Å². The number of hydrogen-bond acceptors (Lipinski definition) is 4. The first kappa shape index (κ1) is 20.5. The van der Waals surface area contributed by atoms with Gasteiger partial charge in [0.1, 0.15) is 0 Å². The summed E-state index contributed by atoms with van der Waals surface area (Å²) in [5.41, 5.74) is -0.362. The fourth-order valence-electron chi connectivity index (χ4n) is 2.81. The highest BCUT2D eigenvalue weighted by molar-refractivity contribution is 7.86. The summed E-state index contributed by atoms with van der Waals surface area (Å²) in [6, 6.07) is 3.14. The van der Waals surface area contributed by atoms with Crippen molar-refractivity contribution in [3.8, 4) is 0 Å². The molecule has 7 nitrogen and oxygen atoms in total. The summed E-state index contributed by atoms with van der Waals surface area (Å²) in [6.45, 7) is 0.195. The van der Waals surface area contributed by atoms with Crippen molar-refractivity contribution in [1.29, 1.82) is 0 Å². The van der Waals surface area contributed by atoms with E-state index in [-0.39, 0.29) is 31.6 Å². The summed E-state index contributed by atoms with van der Waals surface area (Å²) < 4.78 is 62.5. The lowest BCUT2D eigenvalue weighted by atomic mass is 9.97. The highest BCUT2D eigenvalue weighted by Crippen LogP contribution is 2.35. The van der Waals surface area contributed by atoms with Crippen molar-refractivity contribution in [2.24, 2.45) is 11.1 Å². The maximum atomic E-state index is 12.9. The van der Waals surface area contributed by atoms with Crippen LogP contribution in [0.2, 0.25) is 0 Å². The SMILES string of the molecule is CN(C)c1ccc(C(F)(F)F)cc1NC(=O)C1CCN(S(N)(=O)=O)CC1. The number of rotatable bonds is 4. The number of nitrogens with two attached hydrogens (primary N) is 1. The second kappa shape index (κ2) is 7.41. The average Bonchev–Trinajstić information content (AvgIpc) is 2.53. The normalized spacial score (nSPS) is 17.2. The van der Waals surface area contributed by atoms with Gasteiger partial charge in [0.05, 0.1) is 16.9 Å². The molecule has 1 amide bonds. The zero-order chi connectivity index (χ0) is 19.7. The summed E-state index contributed by atoms with van der Waals surface area (Å²) >= 11 is 0. The van der Waals surface area contributed by atoms with Crippen molar-refractivity contribution in [2.75, 3.05) is 37.4 Å². The van der Waals surface area contributed by atoms with Gasteiger partial charge in [-0.15, -0.1) is 0 Å². The van der Waals surface area contributed by atoms with E-state index in [0.717, 1.165) is 16.4 Å². The first-order valence-corrected chi connectivity index (χ1v) is 9.37. The Balaban J connectivity index is 2.16. The minimum atomic E-state index is -4.52. The van der Waals surface area contributed by atoms with Gasteiger partial charge in [0.2, 0.25) is 5.91 Å². The molecule has 1 aliphatic heterocycles. The molecule has 26 heavy (non-hydrogen) atoms. The zero-order valence-electron chi connectivity index (χ0n) is 14.4. The highest BCUT2D eigenvalue weighted by Gasteiger charge is 2.33. The molecular formula is C15H21F3N4O3S. The average molecular weight is 394 g/mol. The first-order chi connectivity index (χ1) is 11.9. The molecule has 1 aromatic rings. The van der Waals surface area contributed by atoms with Gasteiger partial charge in [-0.2, -0.15) is 25.9 Å². The Hall–Kier alpha value is -1.85. The topological polar surface area (TPSA) is 95.7 Å². The molecule has 1 fully saturated rings. The van der Waals surface area contributed by atoms with Gasteiger partial charge in [-0.3, -0.25) is 4.79 Å². The standard InChI is InChI=1S/C15H21F3N4O3S/c1-21(2)13-4-3-11(15(16,17)18)9-12(13)20-14(23)10-5-7-22(8-6-10)26(19,24)25/h3-4,9-10H,5-8H2,1-2H3,(H,20,23)(H2,19,24,25). The molecule has 0 unspecified atom stereocenters. The maximum absolute atomic E-state index is 12.9. The van der Waals surface area contributed by atoms with Crippen LogP contribution in [0, 0.1) is 5.92 Å². The van der Waals surface area contributed by atoms with Gasteiger partial charge in [-0.25, -0.2) is 5.14 Å². The summed E-state index contributed by atoms with van der Waals surface area (Å²) in [5, 5.41) is 7.60. The van der Waals surface area contributed by atoms with E-state index in [1.165, 1.54) is 6.07 Å². The van der Waals surface area contributed by atoms with E-state index in [1.807, 2.05) is 0 Å². The smallest absolute Gasteiger partial charge is 0.376 e. The third-order valence-electron chi connectivity index (χ3n) is 4.25. The highest BCUT2D eigenvalue weighted by atomic mass is 32.2. The summed E-state index contributed by atoms with van der Waals surface area (Å²) in [7, 11) is -0.493. The molecule has 1 aliphatic rings. The van der Waals surface area contributed by atoms with Gasteiger partial charge >= 0.3 is 6.18 Å². The van der Waals surface area contributed by atoms with Crippen LogP contribution in [0.1, 0.15) is 18.4 Å². The number of anilines is 2. The summed E-state index contributed by atoms with van der Waals surface area (Å²) in [6.07, 6.45) is -4.03. The molecule has 11 heteroatoms. The van der Waals surface area contributed by atoms with Crippen LogP contribution in [-0.4, -0.2) is 45.8 Å². The van der Waals surface area contributed by atoms with Crippen molar-refractivity contribution in [2.45, 2.75) is 19.0 Å². The zero-order valence-corrected chi connectivity index (χ0v) is 15.2. The van der Waals surface area contributed by atoms with E-state index in [9.17, 15) is 26.4 Å². The number of piperidine rings is 1. The van der Waals surface area contributed by atoms with Crippen molar-refractivity contribution in [1.82, 2.24) is 4.31 Å². The number of carbonyl (C=O) groups excluding carboxylic acids is 1. The first-order valence-electron chi connectivity index (χ1n) is 7.87. The Morgan fingerprint density at radius 3 is 2.31 bits per heavy atom. The van der Waals surface area contributed by atoms with Gasteiger partial charge in [-0.1, -0.05) is 0 Å². The van der Waals surface area contributed by atoms with Crippen molar-refractivity contribution >= 4 is 27.5 Å². The van der Waals surface area contributed by atoms with Gasteiger partial charge in [-0.05, 0) is 31.0 Å². The molecule has 2 rings (SSSR count). The number of nitrogens with zero attached hydrogens (tertiary/aromatic N) is 2. The third kappa shape index (κ3) is 4.86. The predicted octanol–water partition coefficient (Wildman–Crippen LogP) is 1.63. The summed E-state index contributed by atoms with van der Waals surface area (Å²) in [5.74, 6) is -0.945. The van der Waals surface area contributed by atoms with E-state index in [2.05, 4.69) is 5.32 Å². The van der Waals surface area contributed by atoms with Crippen LogP contribution >= 0.6 is 0 Å². The van der Waals surface area contributed by atoms with Gasteiger partial charge in [0.15, 0.2) is 0 Å². The number of carbonyl (C=O) groups is 1. The third-order valence-corrected chi connectivity index (χ3v) is 5.33. The molecule has 1 aromatic carbocycles. The van der Waals surface area contributed by atoms with Crippen LogP contribution < -0.4 is 15.4 Å². The number of hydrogen-bond donors (Lipinski definition) is 2. The van der Waals surface area contributed by atoms with Gasteiger partial charge < -0.3 is 10.2 Å². The number of nitrogens with one attached hydrogen (secondary N) is 1. The van der Waals surface area contributed by atoms with E-state index in [1.54, 1.807) is 19.0 Å². The Morgan fingerprint density at radius 1 is 1.27 bits per heavy atom. The van der Waals surface area contributed by atoms with E-state index >= 15 is 0 Å². The van der Waals surface area contributed by atoms with E-state index in [0.29, 0.717) is 5.69 Å². The van der Waals surface area contributed by atoms with Gasteiger partial charge in [0, 0.05) is 33.1 Å². The molecule has 0 aliphatic carbocycles. The Bertz CT molecular complexity index is 773. The molecule has 1 saturated heterocycles. The van der Waals surface area contributed by atoms with Crippen LogP contribution in [0.4, 0.5) is 24.5 Å². The van der Waals surface area contributed by atoms with Crippen molar-refractivity contribution in [3.05, 3.63) is 23.8 Å². The molecule has 0 radical (unpaired) electrons. The molecule has 0 bridgehead atoms. The molecule has 0 spiro atoms. The monoisotopic (exact) mass is 394 g/mol. The second-order valence-electron chi connectivity index (χ2n) is 6.33. The van der Waals surface area contributed by atoms with Crippen LogP contribution in [0.5, 0.6) is 0 Å². The number of halogens is 3. The molecule has 0 saturated carbocycles. The number of alkyl halides is 3. The van der Waals surface area contributed by atoms with Crippen LogP contribution in [-0.2, 0) is 21.2 Å². The van der Waals surface area contributed by atoms with Crippen molar-refractivity contribution < 1.29 is 26.4 Å². The molecular weight excluding hydrogens is 373 g/mol. The summed E-state index contributed by atoms with van der Waals surface area (Å²) in [4.78, 5) is 14.0. The quantitative estimate of drug-likeness (QED) is 0.811. The van der Waals surface area contributed by atoms with Crippen LogP contribution in [0.3, 0.4) is 0 Å². The Morgan fingerprint density at radius 2 is 1.85 bits per heavy atom. The number of amides is 1. The molecule has 0 atom stereocenters. The van der Waals surface area contributed by atoms with Gasteiger partial charge in [0.25, 0.3) is 10.2 Å². The fraction of sp³-hybridized carbons (Fsp3) is 0.533. The lowest BCUT2D eigenvalue weighted by Gasteiger charge is -2.29. The molecule has 146 valence electrons. The van der Waals surface area contributed by atoms with Crippen molar-refractivity contribution in [3.63, 3.8) is 0 Å². The number of benzene rings is 1. The second-order valence-corrected chi connectivity index (χ2v) is 7.88. The van der Waals surface area contributed by atoms with Crippen LogP contribution in [0.15, 0.2) is 18.2 Å². The molecule has 0 aromatic heterocycles. The predicted molar refractivity (Wildman–Crippen MR) is 91.8 cm³/mol. The lowest BCUT2D eigenvalue weighted by molar-refractivity contribution is -0.137. The molecule has 3 N–H and O–H groups in total. The maximum Gasteiger partial charge on any atom is 0.416 e. The van der Waals surface area contributed by atoms with E-state index < -0.39 is 33.8 Å². The minimum absolute atomic E-state index is 0.0590.